The molecule has 0 amide bonds. The fourth-order valence-corrected chi connectivity index (χ4v) is 3.10. The Morgan fingerprint density at radius 3 is 2.76 bits per heavy atom. The Bertz CT molecular complexity index is 477. The maximum Gasteiger partial charge on any atom is 0.232 e. The highest BCUT2D eigenvalue weighted by molar-refractivity contribution is 5.42. The van der Waals surface area contributed by atoms with E-state index in [0.717, 1.165) is 19.0 Å². The van der Waals surface area contributed by atoms with Gasteiger partial charge in [0, 0.05) is 19.1 Å². The minimum Gasteiger partial charge on any atom is -0.378 e. The number of ether oxygens (including phenoxy) is 1. The fraction of sp³-hybridized carbons (Fsp3) is 0.786. The first-order valence-corrected chi connectivity index (χ1v) is 7.81. The van der Waals surface area contributed by atoms with Crippen LogP contribution in [0, 0.1) is 5.92 Å². The van der Waals surface area contributed by atoms with Gasteiger partial charge in [-0.15, -0.1) is 0 Å². The second-order valence-electron chi connectivity index (χ2n) is 6.03. The van der Waals surface area contributed by atoms with Crippen LogP contribution in [0.5, 0.6) is 0 Å². The van der Waals surface area contributed by atoms with Gasteiger partial charge in [0.15, 0.2) is 0 Å². The topological polar surface area (TPSA) is 89.2 Å². The lowest BCUT2D eigenvalue weighted by molar-refractivity contribution is 0.122. The molecule has 2 unspecified atom stereocenters. The monoisotopic (exact) mass is 292 g/mol. The number of anilines is 3. The van der Waals surface area contributed by atoms with Crippen molar-refractivity contribution in [1.82, 2.24) is 15.0 Å². The number of nitrogen functional groups attached to an aromatic ring is 1. The Hall–Kier alpha value is -1.63. The molecule has 2 aliphatic rings. The second kappa shape index (κ2) is 6.43. The smallest absolute Gasteiger partial charge is 0.232 e. The number of nitrogens with two attached hydrogens (primary N) is 1. The first-order valence-electron chi connectivity index (χ1n) is 7.81. The predicted octanol–water partition coefficient (Wildman–Crippen LogP) is 1.28. The van der Waals surface area contributed by atoms with E-state index in [9.17, 15) is 0 Å². The maximum absolute atomic E-state index is 5.84. The average molecular weight is 292 g/mol. The molecule has 3 rings (SSSR count). The third kappa shape index (κ3) is 3.72. The molecule has 1 aliphatic carbocycles. The summed E-state index contributed by atoms with van der Waals surface area (Å²) in [6, 6.07) is 0.438. The van der Waals surface area contributed by atoms with Gasteiger partial charge >= 0.3 is 0 Å². The molecule has 1 aromatic rings. The van der Waals surface area contributed by atoms with Crippen molar-refractivity contribution in [3.05, 3.63) is 0 Å². The average Bonchev–Trinajstić information content (AvgIpc) is 2.47. The molecule has 1 aromatic heterocycles. The Balaban J connectivity index is 1.71. The van der Waals surface area contributed by atoms with Crippen molar-refractivity contribution in [2.45, 2.75) is 38.6 Å². The van der Waals surface area contributed by atoms with Gasteiger partial charge in [0.25, 0.3) is 0 Å². The summed E-state index contributed by atoms with van der Waals surface area (Å²) < 4.78 is 5.36. The molecule has 7 nitrogen and oxygen atoms in total. The Morgan fingerprint density at radius 1 is 1.19 bits per heavy atom. The van der Waals surface area contributed by atoms with Gasteiger partial charge in [0.2, 0.25) is 17.8 Å². The normalized spacial score (nSPS) is 26.6. The van der Waals surface area contributed by atoms with Crippen LogP contribution in [0.3, 0.4) is 0 Å². The van der Waals surface area contributed by atoms with Gasteiger partial charge in [-0.25, -0.2) is 0 Å². The number of morpholine rings is 1. The summed E-state index contributed by atoms with van der Waals surface area (Å²) >= 11 is 0. The number of aromatic nitrogens is 3. The zero-order valence-electron chi connectivity index (χ0n) is 12.6. The van der Waals surface area contributed by atoms with Crippen LogP contribution < -0.4 is 16.0 Å². The lowest BCUT2D eigenvalue weighted by Crippen LogP contribution is -2.38. The molecule has 7 heteroatoms. The van der Waals surface area contributed by atoms with Crippen molar-refractivity contribution >= 4 is 17.8 Å². The summed E-state index contributed by atoms with van der Waals surface area (Å²) in [7, 11) is 0. The van der Waals surface area contributed by atoms with Gasteiger partial charge in [-0.3, -0.25) is 0 Å². The molecule has 2 atom stereocenters. The number of nitrogens with one attached hydrogen (secondary N) is 1. The summed E-state index contributed by atoms with van der Waals surface area (Å²) in [5.74, 6) is 2.28. The number of hydrogen-bond acceptors (Lipinski definition) is 7. The number of nitrogens with zero attached hydrogens (tertiary/aromatic N) is 4. The van der Waals surface area contributed by atoms with Crippen LogP contribution in [-0.4, -0.2) is 47.3 Å². The first kappa shape index (κ1) is 14.3. The Morgan fingerprint density at radius 2 is 2.00 bits per heavy atom. The molecule has 0 radical (unpaired) electrons. The van der Waals surface area contributed by atoms with Crippen molar-refractivity contribution in [1.29, 1.82) is 0 Å². The zero-order valence-corrected chi connectivity index (χ0v) is 12.6. The summed E-state index contributed by atoms with van der Waals surface area (Å²) in [4.78, 5) is 15.1. The lowest BCUT2D eigenvalue weighted by atomic mass is 9.87. The van der Waals surface area contributed by atoms with Gasteiger partial charge in [0.05, 0.1) is 13.2 Å². The van der Waals surface area contributed by atoms with Crippen LogP contribution in [0.4, 0.5) is 17.8 Å². The van der Waals surface area contributed by atoms with E-state index in [4.69, 9.17) is 10.5 Å². The molecular weight excluding hydrogens is 268 g/mol. The molecule has 1 saturated heterocycles. The quantitative estimate of drug-likeness (QED) is 0.867. The van der Waals surface area contributed by atoms with E-state index in [1.165, 1.54) is 25.7 Å². The van der Waals surface area contributed by atoms with Crippen LogP contribution in [0.25, 0.3) is 0 Å². The van der Waals surface area contributed by atoms with Crippen molar-refractivity contribution in [2.75, 3.05) is 42.3 Å². The molecular formula is C14H24N6O. The highest BCUT2D eigenvalue weighted by Crippen LogP contribution is 2.25. The molecule has 21 heavy (non-hydrogen) atoms. The van der Waals surface area contributed by atoms with Gasteiger partial charge in [-0.2, -0.15) is 15.0 Å². The van der Waals surface area contributed by atoms with Crippen molar-refractivity contribution < 1.29 is 4.74 Å². The SMILES string of the molecule is CC1CCCC(Nc2nc(N)nc(N3CCOCC3)n2)C1. The van der Waals surface area contributed by atoms with Gasteiger partial charge < -0.3 is 20.7 Å². The van der Waals surface area contributed by atoms with E-state index >= 15 is 0 Å². The van der Waals surface area contributed by atoms with E-state index in [1.807, 2.05) is 0 Å². The summed E-state index contributed by atoms with van der Waals surface area (Å²) in [5, 5.41) is 3.43. The van der Waals surface area contributed by atoms with E-state index in [-0.39, 0.29) is 5.95 Å². The summed E-state index contributed by atoms with van der Waals surface area (Å²) in [6.45, 7) is 5.30. The highest BCUT2D eigenvalue weighted by Gasteiger charge is 2.21. The molecule has 1 aliphatic heterocycles. The van der Waals surface area contributed by atoms with Gasteiger partial charge in [-0.1, -0.05) is 19.8 Å². The minimum atomic E-state index is 0.276. The predicted molar refractivity (Wildman–Crippen MR) is 82.3 cm³/mol. The van der Waals surface area contributed by atoms with E-state index in [2.05, 4.69) is 32.1 Å². The lowest BCUT2D eigenvalue weighted by Gasteiger charge is -2.29. The third-order valence-electron chi connectivity index (χ3n) is 4.20. The largest absolute Gasteiger partial charge is 0.378 e. The summed E-state index contributed by atoms with van der Waals surface area (Å²) in [5.41, 5.74) is 5.84. The van der Waals surface area contributed by atoms with Crippen molar-refractivity contribution in [2.24, 2.45) is 5.92 Å². The van der Waals surface area contributed by atoms with Crippen LogP contribution in [0.1, 0.15) is 32.6 Å². The molecule has 0 bridgehead atoms. The van der Waals surface area contributed by atoms with Crippen molar-refractivity contribution in [3.63, 3.8) is 0 Å². The van der Waals surface area contributed by atoms with Crippen LogP contribution in [0.15, 0.2) is 0 Å². The zero-order chi connectivity index (χ0) is 14.7. The van der Waals surface area contributed by atoms with Crippen LogP contribution in [-0.2, 0) is 4.74 Å². The molecule has 0 spiro atoms. The molecule has 3 N–H and O–H groups in total. The van der Waals surface area contributed by atoms with Crippen molar-refractivity contribution in [3.8, 4) is 0 Å². The number of hydrogen-bond donors (Lipinski definition) is 2. The molecule has 116 valence electrons. The highest BCUT2D eigenvalue weighted by atomic mass is 16.5. The van der Waals surface area contributed by atoms with E-state index in [0.29, 0.717) is 31.2 Å². The standard InChI is InChI=1S/C14H24N6O/c1-10-3-2-4-11(9-10)16-13-17-12(15)18-14(19-13)20-5-7-21-8-6-20/h10-11H,2-9H2,1H3,(H3,15,16,17,18,19). The molecule has 0 aromatic carbocycles. The molecule has 1 saturated carbocycles. The third-order valence-corrected chi connectivity index (χ3v) is 4.20. The minimum absolute atomic E-state index is 0.276. The second-order valence-corrected chi connectivity index (χ2v) is 6.03. The first-order chi connectivity index (χ1) is 10.2. The van der Waals surface area contributed by atoms with Gasteiger partial charge in [-0.05, 0) is 18.8 Å². The fourth-order valence-electron chi connectivity index (χ4n) is 3.10. The van der Waals surface area contributed by atoms with Gasteiger partial charge in [0.1, 0.15) is 0 Å². The van der Waals surface area contributed by atoms with E-state index in [1.54, 1.807) is 0 Å². The summed E-state index contributed by atoms with van der Waals surface area (Å²) in [6.07, 6.45) is 4.91. The van der Waals surface area contributed by atoms with Crippen LogP contribution >= 0.6 is 0 Å². The number of rotatable bonds is 3. The molecule has 2 fully saturated rings. The Kier molecular flexibility index (Phi) is 4.38. The maximum atomic E-state index is 5.84. The van der Waals surface area contributed by atoms with Crippen LogP contribution in [0.2, 0.25) is 0 Å². The Labute approximate surface area is 125 Å². The van der Waals surface area contributed by atoms with E-state index < -0.39 is 0 Å². The molecule has 2 heterocycles.